The van der Waals surface area contributed by atoms with E-state index in [4.69, 9.17) is 11.6 Å². The van der Waals surface area contributed by atoms with Gasteiger partial charge in [-0.05, 0) is 24.8 Å². The summed E-state index contributed by atoms with van der Waals surface area (Å²) in [5.74, 6) is -0.843. The van der Waals surface area contributed by atoms with Crippen LogP contribution in [0.1, 0.15) is 62.7 Å². The van der Waals surface area contributed by atoms with Gasteiger partial charge in [-0.25, -0.2) is 0 Å². The van der Waals surface area contributed by atoms with Gasteiger partial charge in [-0.2, -0.15) is 0 Å². The summed E-state index contributed by atoms with van der Waals surface area (Å²) in [6.07, 6.45) is 6.49. The van der Waals surface area contributed by atoms with E-state index in [2.05, 4.69) is 10.6 Å². The van der Waals surface area contributed by atoms with Crippen LogP contribution in [0.15, 0.2) is 18.2 Å². The van der Waals surface area contributed by atoms with Crippen LogP contribution in [-0.4, -0.2) is 28.8 Å². The number of nitro groups is 1. The Hall–Kier alpha value is -2.15. The fourth-order valence-electron chi connectivity index (χ4n) is 3.27. The van der Waals surface area contributed by atoms with Crippen molar-refractivity contribution >= 4 is 29.1 Å². The summed E-state index contributed by atoms with van der Waals surface area (Å²) in [6.45, 7) is 3.71. The van der Waals surface area contributed by atoms with Gasteiger partial charge in [0.2, 0.25) is 5.91 Å². The molecule has 1 saturated carbocycles. The van der Waals surface area contributed by atoms with Gasteiger partial charge in [0.15, 0.2) is 0 Å². The topological polar surface area (TPSA) is 101 Å². The smallest absolute Gasteiger partial charge is 0.270 e. The zero-order valence-electron chi connectivity index (χ0n) is 15.7. The molecule has 2 N–H and O–H groups in total. The monoisotopic (exact) mass is 395 g/mol. The van der Waals surface area contributed by atoms with E-state index in [1.165, 1.54) is 25.0 Å². The third-order valence-corrected chi connectivity index (χ3v) is 5.16. The predicted octanol–water partition coefficient (Wildman–Crippen LogP) is 3.84. The van der Waals surface area contributed by atoms with E-state index >= 15 is 0 Å². The summed E-state index contributed by atoms with van der Waals surface area (Å²) in [4.78, 5) is 35.5. The van der Waals surface area contributed by atoms with E-state index in [9.17, 15) is 19.7 Å². The van der Waals surface area contributed by atoms with Crippen molar-refractivity contribution in [1.29, 1.82) is 0 Å². The second kappa shape index (κ2) is 9.69. The van der Waals surface area contributed by atoms with Crippen LogP contribution in [0.4, 0.5) is 5.69 Å². The Labute approximate surface area is 164 Å². The van der Waals surface area contributed by atoms with Crippen LogP contribution in [0, 0.1) is 16.0 Å². The summed E-state index contributed by atoms with van der Waals surface area (Å²) in [5, 5.41) is 16.6. The third-order valence-electron chi connectivity index (χ3n) is 4.85. The normalized spacial score (nSPS) is 16.4. The van der Waals surface area contributed by atoms with Gasteiger partial charge in [0, 0.05) is 18.2 Å². The maximum Gasteiger partial charge on any atom is 0.270 e. The number of amides is 2. The van der Waals surface area contributed by atoms with E-state index in [0.717, 1.165) is 31.7 Å². The third kappa shape index (κ3) is 5.92. The maximum absolute atomic E-state index is 12.7. The van der Waals surface area contributed by atoms with E-state index in [1.807, 2.05) is 13.8 Å². The summed E-state index contributed by atoms with van der Waals surface area (Å²) in [6, 6.07) is 3.09. The molecule has 2 rings (SSSR count). The first kappa shape index (κ1) is 21.2. The van der Waals surface area contributed by atoms with Crippen LogP contribution in [0.2, 0.25) is 5.02 Å². The molecule has 1 aromatic carbocycles. The fourth-order valence-corrected chi connectivity index (χ4v) is 3.53. The van der Waals surface area contributed by atoms with Gasteiger partial charge in [0.05, 0.1) is 15.5 Å². The largest absolute Gasteiger partial charge is 0.352 e. The minimum Gasteiger partial charge on any atom is -0.352 e. The van der Waals surface area contributed by atoms with Crippen molar-refractivity contribution in [2.45, 2.75) is 64.5 Å². The molecule has 7 nitrogen and oxygen atoms in total. The average Bonchev–Trinajstić information content (AvgIpc) is 2.87. The molecule has 1 fully saturated rings. The molecule has 148 valence electrons. The molecule has 0 aromatic heterocycles. The van der Waals surface area contributed by atoms with Gasteiger partial charge in [0.25, 0.3) is 11.6 Å². The van der Waals surface area contributed by atoms with Crippen LogP contribution >= 0.6 is 11.6 Å². The van der Waals surface area contributed by atoms with Gasteiger partial charge in [0.1, 0.15) is 6.04 Å². The number of nitrogens with zero attached hydrogens (tertiary/aromatic N) is 1. The number of halogens is 1. The lowest BCUT2D eigenvalue weighted by Crippen LogP contribution is -2.52. The van der Waals surface area contributed by atoms with E-state index < -0.39 is 16.9 Å². The number of carbonyl (C=O) groups is 2. The second-order valence-electron chi connectivity index (χ2n) is 7.31. The zero-order valence-corrected chi connectivity index (χ0v) is 16.4. The highest BCUT2D eigenvalue weighted by Crippen LogP contribution is 2.23. The van der Waals surface area contributed by atoms with Crippen LogP contribution < -0.4 is 10.6 Å². The van der Waals surface area contributed by atoms with Crippen molar-refractivity contribution in [3.05, 3.63) is 38.9 Å². The Morgan fingerprint density at radius 3 is 2.33 bits per heavy atom. The first-order valence-corrected chi connectivity index (χ1v) is 9.72. The van der Waals surface area contributed by atoms with Crippen LogP contribution in [0.25, 0.3) is 0 Å². The molecule has 0 bridgehead atoms. The quantitative estimate of drug-likeness (QED) is 0.434. The first-order chi connectivity index (χ1) is 12.8. The molecule has 1 aliphatic carbocycles. The van der Waals surface area contributed by atoms with E-state index in [0.29, 0.717) is 0 Å². The van der Waals surface area contributed by atoms with Crippen molar-refractivity contribution in [3.63, 3.8) is 0 Å². The highest BCUT2D eigenvalue weighted by molar-refractivity contribution is 6.34. The van der Waals surface area contributed by atoms with Crippen molar-refractivity contribution in [3.8, 4) is 0 Å². The molecule has 1 aromatic rings. The van der Waals surface area contributed by atoms with Crippen LogP contribution in [0.5, 0.6) is 0 Å². The SMILES string of the molecule is CC(C)C(NC(=O)c1ccc([N+](=O)[O-])cc1Cl)C(=O)NC1CCCCCC1. The number of hydrogen-bond acceptors (Lipinski definition) is 4. The van der Waals surface area contributed by atoms with Gasteiger partial charge in [-0.1, -0.05) is 51.1 Å². The summed E-state index contributed by atoms with van der Waals surface area (Å²) in [7, 11) is 0. The maximum atomic E-state index is 12.7. The highest BCUT2D eigenvalue weighted by atomic mass is 35.5. The Morgan fingerprint density at radius 1 is 1.19 bits per heavy atom. The predicted molar refractivity (Wildman–Crippen MR) is 104 cm³/mol. The van der Waals surface area contributed by atoms with Crippen LogP contribution in [0.3, 0.4) is 0 Å². The molecule has 0 spiro atoms. The molecular weight excluding hydrogens is 370 g/mol. The fraction of sp³-hybridized carbons (Fsp3) is 0.579. The molecule has 0 aliphatic heterocycles. The number of hydrogen-bond donors (Lipinski definition) is 2. The van der Waals surface area contributed by atoms with Gasteiger partial charge in [-0.3, -0.25) is 19.7 Å². The average molecular weight is 396 g/mol. The number of nitro benzene ring substituents is 1. The number of benzene rings is 1. The standard InChI is InChI=1S/C19H26ClN3O4/c1-12(2)17(19(25)21-13-7-5-3-4-6-8-13)22-18(24)15-10-9-14(23(26)27)11-16(15)20/h9-13,17H,3-8H2,1-2H3,(H,21,25)(H,22,24). The molecule has 0 saturated heterocycles. The summed E-state index contributed by atoms with van der Waals surface area (Å²) < 4.78 is 0. The molecule has 2 amide bonds. The Kier molecular flexibility index (Phi) is 7.59. The first-order valence-electron chi connectivity index (χ1n) is 9.34. The van der Waals surface area contributed by atoms with Gasteiger partial charge < -0.3 is 10.6 Å². The van der Waals surface area contributed by atoms with Gasteiger partial charge >= 0.3 is 0 Å². The molecule has 1 aliphatic rings. The minimum absolute atomic E-state index is 0.0200. The molecular formula is C19H26ClN3O4. The lowest BCUT2D eigenvalue weighted by molar-refractivity contribution is -0.384. The molecule has 0 radical (unpaired) electrons. The highest BCUT2D eigenvalue weighted by Gasteiger charge is 2.27. The Morgan fingerprint density at radius 2 is 1.81 bits per heavy atom. The minimum atomic E-state index is -0.702. The number of carbonyl (C=O) groups excluding carboxylic acids is 2. The lowest BCUT2D eigenvalue weighted by Gasteiger charge is -2.25. The molecule has 27 heavy (non-hydrogen) atoms. The molecule has 1 atom stereocenters. The molecule has 8 heteroatoms. The molecule has 0 heterocycles. The zero-order chi connectivity index (χ0) is 20.0. The van der Waals surface area contributed by atoms with Crippen molar-refractivity contribution < 1.29 is 14.5 Å². The Bertz CT molecular complexity index is 700. The number of non-ortho nitro benzene ring substituents is 1. The summed E-state index contributed by atoms with van der Waals surface area (Å²) in [5.41, 5.74) is -0.0850. The number of rotatable bonds is 6. The van der Waals surface area contributed by atoms with Crippen molar-refractivity contribution in [2.75, 3.05) is 0 Å². The second-order valence-corrected chi connectivity index (χ2v) is 7.72. The lowest BCUT2D eigenvalue weighted by atomic mass is 10.0. The Balaban J connectivity index is 2.07. The van der Waals surface area contributed by atoms with E-state index in [1.54, 1.807) is 0 Å². The van der Waals surface area contributed by atoms with E-state index in [-0.39, 0.29) is 34.1 Å². The summed E-state index contributed by atoms with van der Waals surface area (Å²) >= 11 is 6.02. The van der Waals surface area contributed by atoms with Crippen molar-refractivity contribution in [2.24, 2.45) is 5.92 Å². The van der Waals surface area contributed by atoms with Crippen LogP contribution in [-0.2, 0) is 4.79 Å². The van der Waals surface area contributed by atoms with Crippen molar-refractivity contribution in [1.82, 2.24) is 10.6 Å². The van der Waals surface area contributed by atoms with Gasteiger partial charge in [-0.15, -0.1) is 0 Å². The molecule has 1 unspecified atom stereocenters. The number of nitrogens with one attached hydrogen (secondary N) is 2.